The molecule has 3 rings (SSSR count). The predicted molar refractivity (Wildman–Crippen MR) is 88.2 cm³/mol. The van der Waals surface area contributed by atoms with Gasteiger partial charge in [0, 0.05) is 24.7 Å². The normalized spacial score (nSPS) is 21.7. The van der Waals surface area contributed by atoms with Gasteiger partial charge in [0.2, 0.25) is 0 Å². The SMILES string of the molecule is Cc1cc(N[C@H]2CN(C)CC[C@@H]2F)nnc1-c1ccc(F)cc1O. The summed E-state index contributed by atoms with van der Waals surface area (Å²) in [6.07, 6.45) is -0.439. The molecule has 1 saturated heterocycles. The number of anilines is 1. The molecule has 2 aromatic rings. The van der Waals surface area contributed by atoms with Crippen LogP contribution in [-0.2, 0) is 0 Å². The lowest BCUT2D eigenvalue weighted by molar-refractivity contribution is 0.157. The molecule has 1 aliphatic heterocycles. The second-order valence-corrected chi connectivity index (χ2v) is 6.24. The Bertz CT molecular complexity index is 741. The number of rotatable bonds is 3. The number of aromatic hydroxyl groups is 1. The van der Waals surface area contributed by atoms with E-state index >= 15 is 0 Å². The Labute approximate surface area is 139 Å². The number of nitrogens with one attached hydrogen (secondary N) is 1. The maximum Gasteiger partial charge on any atom is 0.149 e. The van der Waals surface area contributed by atoms with E-state index in [2.05, 4.69) is 20.4 Å². The van der Waals surface area contributed by atoms with Crippen molar-refractivity contribution in [1.29, 1.82) is 0 Å². The summed E-state index contributed by atoms with van der Waals surface area (Å²) in [5.41, 5.74) is 1.64. The van der Waals surface area contributed by atoms with Crippen LogP contribution in [-0.4, -0.2) is 52.6 Å². The number of benzene rings is 1. The van der Waals surface area contributed by atoms with Gasteiger partial charge in [-0.2, -0.15) is 0 Å². The number of piperidine rings is 1. The van der Waals surface area contributed by atoms with E-state index in [4.69, 9.17) is 0 Å². The van der Waals surface area contributed by atoms with Crippen LogP contribution in [0.2, 0.25) is 0 Å². The third kappa shape index (κ3) is 3.46. The van der Waals surface area contributed by atoms with E-state index in [0.29, 0.717) is 30.0 Å². The van der Waals surface area contributed by atoms with Gasteiger partial charge >= 0.3 is 0 Å². The van der Waals surface area contributed by atoms with Gasteiger partial charge in [-0.15, -0.1) is 10.2 Å². The average molecular weight is 334 g/mol. The van der Waals surface area contributed by atoms with Gasteiger partial charge in [-0.25, -0.2) is 8.78 Å². The van der Waals surface area contributed by atoms with Crippen molar-refractivity contribution in [2.24, 2.45) is 0 Å². The summed E-state index contributed by atoms with van der Waals surface area (Å²) in [4.78, 5) is 2.07. The molecule has 0 spiro atoms. The molecule has 0 saturated carbocycles. The van der Waals surface area contributed by atoms with Gasteiger partial charge in [0.1, 0.15) is 23.6 Å². The molecule has 0 unspecified atom stereocenters. The number of phenols is 1. The summed E-state index contributed by atoms with van der Waals surface area (Å²) in [6.45, 7) is 3.16. The third-order valence-electron chi connectivity index (χ3n) is 4.26. The van der Waals surface area contributed by atoms with Gasteiger partial charge in [0.05, 0.1) is 11.7 Å². The number of likely N-dealkylation sites (tertiary alicyclic amines) is 1. The summed E-state index contributed by atoms with van der Waals surface area (Å²) in [7, 11) is 1.96. The van der Waals surface area contributed by atoms with Gasteiger partial charge in [-0.1, -0.05) is 0 Å². The minimum atomic E-state index is -0.927. The predicted octanol–water partition coefficient (Wildman–Crippen LogP) is 2.75. The molecule has 1 aromatic carbocycles. The summed E-state index contributed by atoms with van der Waals surface area (Å²) in [5, 5.41) is 21.2. The van der Waals surface area contributed by atoms with E-state index in [-0.39, 0.29) is 11.8 Å². The Balaban J connectivity index is 1.82. The lowest BCUT2D eigenvalue weighted by Gasteiger charge is -2.33. The maximum absolute atomic E-state index is 14.0. The van der Waals surface area contributed by atoms with Crippen molar-refractivity contribution in [3.05, 3.63) is 35.6 Å². The van der Waals surface area contributed by atoms with Crippen LogP contribution in [0.5, 0.6) is 5.75 Å². The minimum Gasteiger partial charge on any atom is -0.507 e. The van der Waals surface area contributed by atoms with Crippen LogP contribution in [0.1, 0.15) is 12.0 Å². The van der Waals surface area contributed by atoms with Gasteiger partial charge in [-0.3, -0.25) is 0 Å². The second-order valence-electron chi connectivity index (χ2n) is 6.24. The second kappa shape index (κ2) is 6.68. The van der Waals surface area contributed by atoms with Crippen LogP contribution in [0.15, 0.2) is 24.3 Å². The number of nitrogens with zero attached hydrogens (tertiary/aromatic N) is 3. The molecule has 1 fully saturated rings. The van der Waals surface area contributed by atoms with Crippen LogP contribution in [0, 0.1) is 12.7 Å². The molecule has 7 heteroatoms. The van der Waals surface area contributed by atoms with E-state index in [1.54, 1.807) is 6.07 Å². The van der Waals surface area contributed by atoms with E-state index < -0.39 is 12.0 Å². The first kappa shape index (κ1) is 16.6. The average Bonchev–Trinajstić information content (AvgIpc) is 2.52. The first-order chi connectivity index (χ1) is 11.4. The van der Waals surface area contributed by atoms with Crippen LogP contribution >= 0.6 is 0 Å². The van der Waals surface area contributed by atoms with Crippen molar-refractivity contribution in [2.45, 2.75) is 25.6 Å². The van der Waals surface area contributed by atoms with Gasteiger partial charge in [0.15, 0.2) is 0 Å². The lowest BCUT2D eigenvalue weighted by Crippen LogP contribution is -2.47. The smallest absolute Gasteiger partial charge is 0.149 e. The number of aromatic nitrogens is 2. The zero-order valence-electron chi connectivity index (χ0n) is 13.6. The topological polar surface area (TPSA) is 61.3 Å². The summed E-state index contributed by atoms with van der Waals surface area (Å²) in [6, 6.07) is 5.18. The highest BCUT2D eigenvalue weighted by molar-refractivity contribution is 5.69. The zero-order chi connectivity index (χ0) is 17.3. The monoisotopic (exact) mass is 334 g/mol. The molecule has 0 amide bonds. The number of likely N-dealkylation sites (N-methyl/N-ethyl adjacent to an activating group) is 1. The van der Waals surface area contributed by atoms with E-state index in [9.17, 15) is 13.9 Å². The van der Waals surface area contributed by atoms with Crippen LogP contribution in [0.25, 0.3) is 11.3 Å². The fourth-order valence-electron chi connectivity index (χ4n) is 2.94. The quantitative estimate of drug-likeness (QED) is 0.904. The molecule has 2 N–H and O–H groups in total. The molecule has 5 nitrogen and oxygen atoms in total. The number of halogens is 2. The summed E-state index contributed by atoms with van der Waals surface area (Å²) in [5.74, 6) is -0.220. The number of phenolic OH excluding ortho intramolecular Hbond substituents is 1. The summed E-state index contributed by atoms with van der Waals surface area (Å²) >= 11 is 0. The Morgan fingerprint density at radius 2 is 2.08 bits per heavy atom. The Hall–Kier alpha value is -2.28. The van der Waals surface area contributed by atoms with E-state index in [1.165, 1.54) is 12.1 Å². The molecule has 1 aromatic heterocycles. The zero-order valence-corrected chi connectivity index (χ0v) is 13.6. The molecule has 2 heterocycles. The number of alkyl halides is 1. The molecule has 0 bridgehead atoms. The Morgan fingerprint density at radius 3 is 2.79 bits per heavy atom. The van der Waals surface area contributed by atoms with Crippen LogP contribution in [0.4, 0.5) is 14.6 Å². The molecule has 24 heavy (non-hydrogen) atoms. The lowest BCUT2D eigenvalue weighted by atomic mass is 10.0. The van der Waals surface area contributed by atoms with Gasteiger partial charge in [-0.05, 0) is 44.2 Å². The third-order valence-corrected chi connectivity index (χ3v) is 4.26. The van der Waals surface area contributed by atoms with Crippen molar-refractivity contribution in [1.82, 2.24) is 15.1 Å². The Morgan fingerprint density at radius 1 is 1.29 bits per heavy atom. The molecule has 0 aliphatic carbocycles. The fourth-order valence-corrected chi connectivity index (χ4v) is 2.94. The van der Waals surface area contributed by atoms with Crippen LogP contribution < -0.4 is 5.32 Å². The molecular weight excluding hydrogens is 314 g/mol. The highest BCUT2D eigenvalue weighted by atomic mass is 19.1. The largest absolute Gasteiger partial charge is 0.507 e. The highest BCUT2D eigenvalue weighted by Gasteiger charge is 2.27. The molecular formula is C17H20F2N4O. The summed E-state index contributed by atoms with van der Waals surface area (Å²) < 4.78 is 27.1. The van der Waals surface area contributed by atoms with Gasteiger partial charge in [0.25, 0.3) is 0 Å². The van der Waals surface area contributed by atoms with Crippen molar-refractivity contribution in [3.63, 3.8) is 0 Å². The van der Waals surface area contributed by atoms with E-state index in [1.807, 2.05) is 14.0 Å². The van der Waals surface area contributed by atoms with E-state index in [0.717, 1.165) is 18.2 Å². The number of hydrogen-bond acceptors (Lipinski definition) is 5. The van der Waals surface area contributed by atoms with Crippen molar-refractivity contribution in [2.75, 3.05) is 25.5 Å². The van der Waals surface area contributed by atoms with Crippen molar-refractivity contribution >= 4 is 5.82 Å². The fraction of sp³-hybridized carbons (Fsp3) is 0.412. The maximum atomic E-state index is 14.0. The molecule has 0 radical (unpaired) electrons. The number of aryl methyl sites for hydroxylation is 1. The van der Waals surface area contributed by atoms with Crippen LogP contribution in [0.3, 0.4) is 0 Å². The van der Waals surface area contributed by atoms with Crippen molar-refractivity contribution in [3.8, 4) is 17.0 Å². The standard InChI is InChI=1S/C17H20F2N4O/c1-10-7-16(20-14-9-23(2)6-5-13(14)19)21-22-17(10)12-4-3-11(18)8-15(12)24/h3-4,7-8,13-14,24H,5-6,9H2,1-2H3,(H,20,21)/t13-,14-/m0/s1. The molecule has 128 valence electrons. The van der Waals surface area contributed by atoms with Gasteiger partial charge < -0.3 is 15.3 Å². The highest BCUT2D eigenvalue weighted by Crippen LogP contribution is 2.30. The molecule has 1 aliphatic rings. The Kier molecular flexibility index (Phi) is 4.62. The van der Waals surface area contributed by atoms with Crippen molar-refractivity contribution < 1.29 is 13.9 Å². The number of hydrogen-bond donors (Lipinski definition) is 2. The minimum absolute atomic E-state index is 0.189. The molecule has 2 atom stereocenters. The first-order valence-corrected chi connectivity index (χ1v) is 7.86. The first-order valence-electron chi connectivity index (χ1n) is 7.86.